The summed E-state index contributed by atoms with van der Waals surface area (Å²) >= 11 is 6.43. The maximum absolute atomic E-state index is 13.4. The summed E-state index contributed by atoms with van der Waals surface area (Å²) in [7, 11) is 4.54. The standard InChI is InChI=1S/C32H43ClN2O8/c1-22-26(33)18-23-19-27(22)41-16-5-8-25(43-32(37)24-20-28(38-2)30(40-4)29(21-24)39-3)9-13-35-11-6-10-34(14-15-35)12-7-17-42-31(23)36/h18-21,25H,5-17H2,1-4H3. The Hall–Kier alpha value is -3.21. The third kappa shape index (κ3) is 8.90. The number of carbonyl (C=O) groups is 2. The Morgan fingerprint density at radius 1 is 0.814 bits per heavy atom. The molecule has 2 aliphatic heterocycles. The summed E-state index contributed by atoms with van der Waals surface area (Å²) in [6.07, 6.45) is 3.40. The van der Waals surface area contributed by atoms with Gasteiger partial charge in [0.2, 0.25) is 5.75 Å². The molecule has 2 aromatic carbocycles. The van der Waals surface area contributed by atoms with Crippen molar-refractivity contribution in [3.63, 3.8) is 0 Å². The minimum absolute atomic E-state index is 0.320. The Labute approximate surface area is 259 Å². The fraction of sp³-hybridized carbons (Fsp3) is 0.562. The highest BCUT2D eigenvalue weighted by Crippen LogP contribution is 2.38. The topological polar surface area (TPSA) is 96.0 Å². The number of cyclic esters (lactones) is 1. The Kier molecular flexibility index (Phi) is 12.2. The van der Waals surface area contributed by atoms with Gasteiger partial charge in [-0.1, -0.05) is 11.6 Å². The molecule has 0 saturated carbocycles. The van der Waals surface area contributed by atoms with Crippen molar-refractivity contribution < 1.29 is 38.0 Å². The smallest absolute Gasteiger partial charge is 0.338 e. The second kappa shape index (κ2) is 16.0. The van der Waals surface area contributed by atoms with Crippen LogP contribution in [0.4, 0.5) is 0 Å². The van der Waals surface area contributed by atoms with Crippen LogP contribution in [0, 0.1) is 6.92 Å². The maximum atomic E-state index is 13.4. The molecule has 1 fully saturated rings. The minimum Gasteiger partial charge on any atom is -0.493 e. The zero-order chi connectivity index (χ0) is 30.8. The highest BCUT2D eigenvalue weighted by Gasteiger charge is 2.23. The number of benzene rings is 2. The zero-order valence-corrected chi connectivity index (χ0v) is 26.4. The van der Waals surface area contributed by atoms with E-state index in [4.69, 9.17) is 40.0 Å². The number of rotatable bonds is 5. The number of methoxy groups -OCH3 is 3. The van der Waals surface area contributed by atoms with Crippen LogP contribution in [0.5, 0.6) is 23.0 Å². The van der Waals surface area contributed by atoms with Crippen molar-refractivity contribution in [2.45, 2.75) is 45.1 Å². The molecule has 2 heterocycles. The Morgan fingerprint density at radius 2 is 1.47 bits per heavy atom. The van der Waals surface area contributed by atoms with E-state index < -0.39 is 11.9 Å². The second-order valence-corrected chi connectivity index (χ2v) is 11.2. The first-order valence-corrected chi connectivity index (χ1v) is 15.3. The van der Waals surface area contributed by atoms with Crippen molar-refractivity contribution in [2.24, 2.45) is 0 Å². The Bertz CT molecular complexity index is 1230. The number of esters is 2. The number of halogens is 1. The van der Waals surface area contributed by atoms with E-state index in [9.17, 15) is 9.59 Å². The number of nitrogens with zero attached hydrogens (tertiary/aromatic N) is 2. The molecular weight excluding hydrogens is 576 g/mol. The molecule has 2 aromatic rings. The predicted octanol–water partition coefficient (Wildman–Crippen LogP) is 5.02. The Morgan fingerprint density at radius 3 is 2.14 bits per heavy atom. The van der Waals surface area contributed by atoms with Gasteiger partial charge in [-0.2, -0.15) is 0 Å². The third-order valence-corrected chi connectivity index (χ3v) is 8.33. The van der Waals surface area contributed by atoms with Gasteiger partial charge in [-0.15, -0.1) is 0 Å². The Balaban J connectivity index is 1.52. The highest BCUT2D eigenvalue weighted by atomic mass is 35.5. The van der Waals surface area contributed by atoms with Gasteiger partial charge in [0, 0.05) is 36.8 Å². The molecule has 0 aromatic heterocycles. The normalized spacial score (nSPS) is 22.1. The van der Waals surface area contributed by atoms with Gasteiger partial charge in [-0.05, 0) is 76.4 Å². The summed E-state index contributed by atoms with van der Waals surface area (Å²) in [6, 6.07) is 6.51. The van der Waals surface area contributed by atoms with Crippen molar-refractivity contribution >= 4 is 23.5 Å². The molecule has 236 valence electrons. The van der Waals surface area contributed by atoms with E-state index >= 15 is 0 Å². The number of ether oxygens (including phenoxy) is 6. The van der Waals surface area contributed by atoms with Gasteiger partial charge < -0.3 is 38.2 Å². The average molecular weight is 619 g/mol. The molecule has 4 rings (SSSR count). The van der Waals surface area contributed by atoms with Gasteiger partial charge in [0.1, 0.15) is 11.9 Å². The molecule has 2 aliphatic rings. The summed E-state index contributed by atoms with van der Waals surface area (Å²) < 4.78 is 33.9. The molecule has 0 amide bonds. The summed E-state index contributed by atoms with van der Waals surface area (Å²) in [6.45, 7) is 8.09. The predicted molar refractivity (Wildman–Crippen MR) is 163 cm³/mol. The molecule has 43 heavy (non-hydrogen) atoms. The maximum Gasteiger partial charge on any atom is 0.338 e. The number of carbonyl (C=O) groups excluding carboxylic acids is 2. The van der Waals surface area contributed by atoms with E-state index in [1.165, 1.54) is 21.3 Å². The van der Waals surface area contributed by atoms with E-state index in [1.54, 1.807) is 24.3 Å². The fourth-order valence-corrected chi connectivity index (χ4v) is 5.64. The molecule has 11 heteroatoms. The van der Waals surface area contributed by atoms with Crippen LogP contribution < -0.4 is 18.9 Å². The molecule has 0 radical (unpaired) electrons. The van der Waals surface area contributed by atoms with Crippen molar-refractivity contribution in [3.8, 4) is 23.0 Å². The monoisotopic (exact) mass is 618 g/mol. The summed E-state index contributed by atoms with van der Waals surface area (Å²) in [4.78, 5) is 31.0. The van der Waals surface area contributed by atoms with Crippen LogP contribution in [0.15, 0.2) is 24.3 Å². The van der Waals surface area contributed by atoms with E-state index in [0.29, 0.717) is 71.6 Å². The molecule has 0 aliphatic carbocycles. The lowest BCUT2D eigenvalue weighted by molar-refractivity contribution is 0.0221. The molecule has 0 spiro atoms. The van der Waals surface area contributed by atoms with Crippen molar-refractivity contribution in [1.82, 2.24) is 9.80 Å². The number of fused-ring (bicyclic) bond motifs is 5. The van der Waals surface area contributed by atoms with Gasteiger partial charge >= 0.3 is 11.9 Å². The molecule has 3 unspecified atom stereocenters. The van der Waals surface area contributed by atoms with Crippen LogP contribution in [0.3, 0.4) is 0 Å². The van der Waals surface area contributed by atoms with Crippen LogP contribution in [-0.4, -0.2) is 102 Å². The van der Waals surface area contributed by atoms with Crippen molar-refractivity contribution in [2.75, 3.05) is 73.8 Å². The summed E-state index contributed by atoms with van der Waals surface area (Å²) in [5.74, 6) is 0.850. The zero-order valence-electron chi connectivity index (χ0n) is 25.6. The molecule has 3 atom stereocenters. The third-order valence-electron chi connectivity index (χ3n) is 7.93. The molecular formula is C32H43ClN2O8. The minimum atomic E-state index is -0.459. The lowest BCUT2D eigenvalue weighted by atomic mass is 10.1. The molecule has 4 bridgehead atoms. The van der Waals surface area contributed by atoms with Crippen LogP contribution in [0.2, 0.25) is 5.02 Å². The van der Waals surface area contributed by atoms with E-state index in [2.05, 4.69) is 9.80 Å². The largest absolute Gasteiger partial charge is 0.493 e. The molecule has 0 N–H and O–H groups in total. The number of hydrogen-bond donors (Lipinski definition) is 0. The van der Waals surface area contributed by atoms with Gasteiger partial charge in [-0.25, -0.2) is 9.59 Å². The molecule has 1 saturated heterocycles. The lowest BCUT2D eigenvalue weighted by Crippen LogP contribution is -2.34. The first-order chi connectivity index (χ1) is 20.8. The fourth-order valence-electron chi connectivity index (χ4n) is 5.43. The van der Waals surface area contributed by atoms with Gasteiger partial charge in [0.15, 0.2) is 11.5 Å². The van der Waals surface area contributed by atoms with E-state index in [0.717, 1.165) is 57.7 Å². The van der Waals surface area contributed by atoms with Gasteiger partial charge in [0.05, 0.1) is 45.7 Å². The average Bonchev–Trinajstić information content (AvgIpc) is 3.25. The number of hydrogen-bond acceptors (Lipinski definition) is 10. The van der Waals surface area contributed by atoms with Crippen LogP contribution in [0.1, 0.15) is 58.4 Å². The van der Waals surface area contributed by atoms with Crippen molar-refractivity contribution in [1.29, 1.82) is 0 Å². The lowest BCUT2D eigenvalue weighted by Gasteiger charge is -2.25. The van der Waals surface area contributed by atoms with Gasteiger partial charge in [-0.3, -0.25) is 0 Å². The highest BCUT2D eigenvalue weighted by molar-refractivity contribution is 6.31. The van der Waals surface area contributed by atoms with Gasteiger partial charge in [0.25, 0.3) is 0 Å². The SMILES string of the molecule is COc1cc(C(=O)OC2CCCOc3cc(cc(Cl)c3C)C(=O)OCCCN3CCCN(CC2)CC3)cc(OC)c1OC. The van der Waals surface area contributed by atoms with Crippen molar-refractivity contribution in [3.05, 3.63) is 46.0 Å². The summed E-state index contributed by atoms with van der Waals surface area (Å²) in [5.41, 5.74) is 1.44. The van der Waals surface area contributed by atoms with Crippen LogP contribution in [0.25, 0.3) is 0 Å². The van der Waals surface area contributed by atoms with Crippen LogP contribution >= 0.6 is 11.6 Å². The first kappa shape index (κ1) is 32.7. The van der Waals surface area contributed by atoms with Crippen LogP contribution in [-0.2, 0) is 9.47 Å². The van der Waals surface area contributed by atoms with E-state index in [1.807, 2.05) is 6.92 Å². The molecule has 10 nitrogen and oxygen atoms in total. The van der Waals surface area contributed by atoms with E-state index in [-0.39, 0.29) is 6.10 Å². The quantitative estimate of drug-likeness (QED) is 0.425. The second-order valence-electron chi connectivity index (χ2n) is 10.8. The summed E-state index contributed by atoms with van der Waals surface area (Å²) in [5, 5.41) is 0.445. The first-order valence-electron chi connectivity index (χ1n) is 14.9.